The van der Waals surface area contributed by atoms with Crippen molar-refractivity contribution in [2.45, 2.75) is 26.3 Å². The van der Waals surface area contributed by atoms with E-state index in [1.807, 2.05) is 18.8 Å². The van der Waals surface area contributed by atoms with Crippen LogP contribution in [0.2, 0.25) is 0 Å². The van der Waals surface area contributed by atoms with Crippen molar-refractivity contribution in [3.05, 3.63) is 29.3 Å². The number of hydrogen-bond donors (Lipinski definition) is 1. The van der Waals surface area contributed by atoms with Gasteiger partial charge in [0, 0.05) is 6.04 Å². The summed E-state index contributed by atoms with van der Waals surface area (Å²) in [6, 6.07) is 6.89. The zero-order chi connectivity index (χ0) is 13.5. The predicted octanol–water partition coefficient (Wildman–Crippen LogP) is 3.13. The second-order valence-electron chi connectivity index (χ2n) is 4.85. The van der Waals surface area contributed by atoms with Crippen LogP contribution in [0.3, 0.4) is 0 Å². The molecule has 0 bridgehead atoms. The summed E-state index contributed by atoms with van der Waals surface area (Å²) in [4.78, 5) is 0. The Morgan fingerprint density at radius 1 is 1.39 bits per heavy atom. The smallest absolute Gasteiger partial charge is 0.122 e. The van der Waals surface area contributed by atoms with Crippen LogP contribution >= 0.6 is 11.8 Å². The van der Waals surface area contributed by atoms with E-state index in [0.717, 1.165) is 12.2 Å². The molecule has 0 saturated carbocycles. The molecule has 3 heteroatoms. The molecule has 0 aliphatic rings. The van der Waals surface area contributed by atoms with Crippen LogP contribution in [0.5, 0.6) is 5.75 Å². The van der Waals surface area contributed by atoms with Gasteiger partial charge >= 0.3 is 0 Å². The average Bonchev–Trinajstić information content (AvgIpc) is 2.36. The Morgan fingerprint density at radius 2 is 2.11 bits per heavy atom. The number of methoxy groups -OCH3 is 1. The monoisotopic (exact) mass is 267 g/mol. The first-order valence-corrected chi connectivity index (χ1v) is 7.81. The molecule has 0 aliphatic heterocycles. The van der Waals surface area contributed by atoms with Crippen LogP contribution in [0, 0.1) is 12.8 Å². The minimum atomic E-state index is 0.494. The van der Waals surface area contributed by atoms with Gasteiger partial charge in [0.2, 0.25) is 0 Å². The third kappa shape index (κ3) is 4.21. The normalized spacial score (nSPS) is 14.3. The maximum absolute atomic E-state index is 5.45. The highest BCUT2D eigenvalue weighted by molar-refractivity contribution is 7.98. The molecule has 1 aromatic carbocycles. The van der Waals surface area contributed by atoms with E-state index in [1.165, 1.54) is 16.9 Å². The van der Waals surface area contributed by atoms with Crippen LogP contribution < -0.4 is 10.1 Å². The lowest BCUT2D eigenvalue weighted by molar-refractivity contribution is 0.393. The maximum atomic E-state index is 5.45. The van der Waals surface area contributed by atoms with Gasteiger partial charge in [0.1, 0.15) is 5.75 Å². The van der Waals surface area contributed by atoms with E-state index in [1.54, 1.807) is 7.11 Å². The second-order valence-corrected chi connectivity index (χ2v) is 5.76. The molecule has 1 rings (SSSR count). The Morgan fingerprint density at radius 3 is 2.67 bits per heavy atom. The van der Waals surface area contributed by atoms with Gasteiger partial charge in [-0.05, 0) is 49.9 Å². The first kappa shape index (κ1) is 15.4. The zero-order valence-electron chi connectivity index (χ0n) is 12.1. The lowest BCUT2D eigenvalue weighted by atomic mass is 9.95. The number of ether oxygens (including phenoxy) is 1. The Bertz CT molecular complexity index is 368. The Kier molecular flexibility index (Phi) is 6.58. The van der Waals surface area contributed by atoms with E-state index in [-0.39, 0.29) is 0 Å². The van der Waals surface area contributed by atoms with Crippen molar-refractivity contribution in [2.75, 3.05) is 26.2 Å². The van der Waals surface area contributed by atoms with Gasteiger partial charge in [-0.1, -0.05) is 24.6 Å². The van der Waals surface area contributed by atoms with E-state index in [0.29, 0.717) is 12.0 Å². The highest BCUT2D eigenvalue weighted by Crippen LogP contribution is 2.23. The van der Waals surface area contributed by atoms with Crippen molar-refractivity contribution in [3.63, 3.8) is 0 Å². The second kappa shape index (κ2) is 7.70. The number of likely N-dealkylation sites (N-methyl/N-ethyl adjacent to an activating group) is 1. The van der Waals surface area contributed by atoms with Crippen molar-refractivity contribution >= 4 is 11.8 Å². The first-order valence-electron chi connectivity index (χ1n) is 6.42. The highest BCUT2D eigenvalue weighted by atomic mass is 32.2. The summed E-state index contributed by atoms with van der Waals surface area (Å²) in [5.41, 5.74) is 2.59. The summed E-state index contributed by atoms with van der Waals surface area (Å²) >= 11 is 1.91. The summed E-state index contributed by atoms with van der Waals surface area (Å²) in [6.45, 7) is 4.43. The molecule has 1 N–H and O–H groups in total. The molecule has 2 nitrogen and oxygen atoms in total. The van der Waals surface area contributed by atoms with E-state index in [9.17, 15) is 0 Å². The molecule has 0 heterocycles. The lowest BCUT2D eigenvalue weighted by Gasteiger charge is -2.24. The first-order chi connectivity index (χ1) is 8.62. The van der Waals surface area contributed by atoms with E-state index >= 15 is 0 Å². The van der Waals surface area contributed by atoms with Crippen molar-refractivity contribution in [2.24, 2.45) is 5.92 Å². The number of aryl methyl sites for hydroxylation is 1. The van der Waals surface area contributed by atoms with Gasteiger partial charge in [0.15, 0.2) is 0 Å². The highest BCUT2D eigenvalue weighted by Gasteiger charge is 2.17. The van der Waals surface area contributed by atoms with Crippen molar-refractivity contribution in [1.82, 2.24) is 5.32 Å². The van der Waals surface area contributed by atoms with Crippen molar-refractivity contribution in [1.29, 1.82) is 0 Å². The van der Waals surface area contributed by atoms with Gasteiger partial charge < -0.3 is 10.1 Å². The Hall–Kier alpha value is -0.670. The molecule has 0 aliphatic carbocycles. The standard InChI is InChI=1S/C15H25NOS/c1-11-6-7-15(17-4)13(8-11)9-14(16-3)12(2)10-18-5/h6-8,12,14,16H,9-10H2,1-5H3. The van der Waals surface area contributed by atoms with Gasteiger partial charge in [-0.2, -0.15) is 11.8 Å². The molecule has 0 amide bonds. The SMILES string of the molecule is CNC(Cc1cc(C)ccc1OC)C(C)CSC. The Balaban J connectivity index is 2.83. The molecule has 0 fully saturated rings. The summed E-state index contributed by atoms with van der Waals surface area (Å²) < 4.78 is 5.45. The molecule has 102 valence electrons. The molecule has 18 heavy (non-hydrogen) atoms. The Labute approximate surface area is 116 Å². The average molecular weight is 267 g/mol. The van der Waals surface area contributed by atoms with Crippen LogP contribution in [0.25, 0.3) is 0 Å². The van der Waals surface area contributed by atoms with Gasteiger partial charge in [0.25, 0.3) is 0 Å². The minimum absolute atomic E-state index is 0.494. The molecule has 2 unspecified atom stereocenters. The minimum Gasteiger partial charge on any atom is -0.496 e. The van der Waals surface area contributed by atoms with Crippen LogP contribution in [0.1, 0.15) is 18.1 Å². The number of nitrogens with one attached hydrogen (secondary N) is 1. The van der Waals surface area contributed by atoms with Crippen LogP contribution in [-0.4, -0.2) is 32.2 Å². The molecular weight excluding hydrogens is 242 g/mol. The maximum Gasteiger partial charge on any atom is 0.122 e. The summed E-state index contributed by atoms with van der Waals surface area (Å²) in [5, 5.41) is 3.44. The van der Waals surface area contributed by atoms with Crippen molar-refractivity contribution < 1.29 is 4.74 Å². The molecule has 2 atom stereocenters. The molecule has 0 saturated heterocycles. The molecule has 0 aromatic heterocycles. The van der Waals surface area contributed by atoms with E-state index in [4.69, 9.17) is 4.74 Å². The van der Waals surface area contributed by atoms with Gasteiger partial charge in [-0.25, -0.2) is 0 Å². The molecule has 0 radical (unpaired) electrons. The quantitative estimate of drug-likeness (QED) is 0.820. The fourth-order valence-corrected chi connectivity index (χ4v) is 3.03. The van der Waals surface area contributed by atoms with Crippen LogP contribution in [0.4, 0.5) is 0 Å². The number of hydrogen-bond acceptors (Lipinski definition) is 3. The number of thioether (sulfide) groups is 1. The number of benzene rings is 1. The fourth-order valence-electron chi connectivity index (χ4n) is 2.27. The summed E-state index contributed by atoms with van der Waals surface area (Å²) in [5.74, 6) is 2.83. The van der Waals surface area contributed by atoms with Crippen LogP contribution in [0.15, 0.2) is 18.2 Å². The molecule has 1 aromatic rings. The molecule has 0 spiro atoms. The third-order valence-corrected chi connectivity index (χ3v) is 4.22. The van der Waals surface area contributed by atoms with Gasteiger partial charge in [0.05, 0.1) is 7.11 Å². The lowest BCUT2D eigenvalue weighted by Crippen LogP contribution is -2.35. The third-order valence-electron chi connectivity index (χ3n) is 3.36. The van der Waals surface area contributed by atoms with E-state index < -0.39 is 0 Å². The predicted molar refractivity (Wildman–Crippen MR) is 81.8 cm³/mol. The molecular formula is C15H25NOS. The fraction of sp³-hybridized carbons (Fsp3) is 0.600. The van der Waals surface area contributed by atoms with E-state index in [2.05, 4.69) is 43.6 Å². The summed E-state index contributed by atoms with van der Waals surface area (Å²) in [6.07, 6.45) is 3.18. The topological polar surface area (TPSA) is 21.3 Å². The number of rotatable bonds is 7. The largest absolute Gasteiger partial charge is 0.496 e. The zero-order valence-corrected chi connectivity index (χ0v) is 12.9. The van der Waals surface area contributed by atoms with Crippen LogP contribution in [-0.2, 0) is 6.42 Å². The van der Waals surface area contributed by atoms with Crippen molar-refractivity contribution in [3.8, 4) is 5.75 Å². The summed E-state index contributed by atoms with van der Waals surface area (Å²) in [7, 11) is 3.79. The van der Waals surface area contributed by atoms with Gasteiger partial charge in [-0.3, -0.25) is 0 Å². The van der Waals surface area contributed by atoms with Gasteiger partial charge in [-0.15, -0.1) is 0 Å².